The molecule has 0 saturated heterocycles. The molecule has 1 unspecified atom stereocenters. The fourth-order valence-corrected chi connectivity index (χ4v) is 3.41. The first kappa shape index (κ1) is 18.5. The third kappa shape index (κ3) is 6.47. The summed E-state index contributed by atoms with van der Waals surface area (Å²) in [5.74, 6) is 0. The van der Waals surface area contributed by atoms with Crippen LogP contribution in [0.5, 0.6) is 0 Å². The predicted octanol–water partition coefficient (Wildman–Crippen LogP) is 3.92. The summed E-state index contributed by atoms with van der Waals surface area (Å²) in [7, 11) is -3.58. The molecule has 0 aliphatic carbocycles. The van der Waals surface area contributed by atoms with Crippen LogP contribution in [-0.4, -0.2) is 21.0 Å². The Morgan fingerprint density at radius 2 is 1.91 bits per heavy atom. The van der Waals surface area contributed by atoms with Crippen molar-refractivity contribution in [1.29, 1.82) is 0 Å². The average Bonchev–Trinajstić information content (AvgIpc) is 2.49. The number of benzene rings is 1. The summed E-state index contributed by atoms with van der Waals surface area (Å²) in [6.07, 6.45) is 4.88. The Hall–Kier alpha value is -1.56. The van der Waals surface area contributed by atoms with E-state index < -0.39 is 10.0 Å². The van der Waals surface area contributed by atoms with E-state index in [9.17, 15) is 8.42 Å². The van der Waals surface area contributed by atoms with Crippen LogP contribution in [-0.2, 0) is 10.0 Å². The molecule has 1 atom stereocenters. The number of aryl methyl sites for hydroxylation is 1. The highest BCUT2D eigenvalue weighted by atomic mass is 32.2. The van der Waals surface area contributed by atoms with Crippen LogP contribution >= 0.6 is 0 Å². The Morgan fingerprint density at radius 3 is 2.50 bits per heavy atom. The van der Waals surface area contributed by atoms with Gasteiger partial charge in [0.15, 0.2) is 0 Å². The van der Waals surface area contributed by atoms with E-state index in [-0.39, 0.29) is 17.5 Å². The number of azide groups is 1. The topological polar surface area (TPSA) is 94.9 Å². The lowest BCUT2D eigenvalue weighted by atomic mass is 10.1. The van der Waals surface area contributed by atoms with Crippen LogP contribution in [0.4, 0.5) is 0 Å². The van der Waals surface area contributed by atoms with E-state index >= 15 is 0 Å². The minimum atomic E-state index is -3.58. The molecular weight excluding hydrogens is 300 g/mol. The monoisotopic (exact) mass is 324 g/mol. The number of nitrogens with zero attached hydrogens (tertiary/aromatic N) is 3. The molecule has 0 bridgehead atoms. The zero-order valence-corrected chi connectivity index (χ0v) is 14.0. The Morgan fingerprint density at radius 1 is 1.23 bits per heavy atom. The summed E-state index contributed by atoms with van der Waals surface area (Å²) in [5.41, 5.74) is 9.46. The smallest absolute Gasteiger partial charge is 0.208 e. The van der Waals surface area contributed by atoms with E-state index in [2.05, 4.69) is 21.7 Å². The minimum absolute atomic E-state index is 0.133. The maximum Gasteiger partial charge on any atom is 0.240 e. The largest absolute Gasteiger partial charge is 0.240 e. The van der Waals surface area contributed by atoms with Gasteiger partial charge in [0, 0.05) is 17.5 Å². The molecule has 6 nitrogen and oxygen atoms in total. The van der Waals surface area contributed by atoms with Gasteiger partial charge in [0.05, 0.1) is 4.90 Å². The van der Waals surface area contributed by atoms with Gasteiger partial charge in [0.25, 0.3) is 0 Å². The summed E-state index contributed by atoms with van der Waals surface area (Å²) in [5, 5.41) is 3.52. The number of nitrogens with one attached hydrogen (secondary N) is 1. The van der Waals surface area contributed by atoms with Crippen LogP contribution < -0.4 is 4.72 Å². The first-order valence-electron chi connectivity index (χ1n) is 7.59. The van der Waals surface area contributed by atoms with Crippen molar-refractivity contribution >= 4 is 10.0 Å². The third-order valence-electron chi connectivity index (χ3n) is 3.42. The van der Waals surface area contributed by atoms with Crippen molar-refractivity contribution in [3.05, 3.63) is 40.3 Å². The number of sulfonamides is 1. The quantitative estimate of drug-likeness (QED) is 0.305. The molecule has 0 saturated carbocycles. The van der Waals surface area contributed by atoms with Gasteiger partial charge in [0.2, 0.25) is 10.0 Å². The van der Waals surface area contributed by atoms with E-state index in [4.69, 9.17) is 5.53 Å². The van der Waals surface area contributed by atoms with Gasteiger partial charge in [-0.05, 0) is 31.0 Å². The zero-order valence-electron chi connectivity index (χ0n) is 13.2. The Labute approximate surface area is 132 Å². The van der Waals surface area contributed by atoms with Gasteiger partial charge < -0.3 is 0 Å². The van der Waals surface area contributed by atoms with Crippen molar-refractivity contribution in [2.24, 2.45) is 5.11 Å². The first-order valence-corrected chi connectivity index (χ1v) is 9.07. The molecule has 0 aliphatic heterocycles. The van der Waals surface area contributed by atoms with Crippen LogP contribution in [0.3, 0.4) is 0 Å². The molecule has 0 fully saturated rings. The van der Waals surface area contributed by atoms with Gasteiger partial charge in [-0.1, -0.05) is 55.4 Å². The highest BCUT2D eigenvalue weighted by Crippen LogP contribution is 2.13. The SMILES string of the molecule is CCCCCCC(CN=[N+]=[N-])NS(=O)(=O)c1ccc(C)cc1. The lowest BCUT2D eigenvalue weighted by Crippen LogP contribution is -2.36. The molecule has 1 aromatic carbocycles. The molecule has 0 amide bonds. The summed E-state index contributed by atoms with van der Waals surface area (Å²) in [6, 6.07) is 6.33. The summed E-state index contributed by atoms with van der Waals surface area (Å²) < 4.78 is 27.4. The van der Waals surface area contributed by atoms with Crippen molar-refractivity contribution in [2.75, 3.05) is 6.54 Å². The number of unbranched alkanes of at least 4 members (excludes halogenated alkanes) is 3. The van der Waals surface area contributed by atoms with Gasteiger partial charge in [0.1, 0.15) is 0 Å². The van der Waals surface area contributed by atoms with Gasteiger partial charge >= 0.3 is 0 Å². The Bertz CT molecular complexity index is 592. The van der Waals surface area contributed by atoms with Crippen molar-refractivity contribution in [1.82, 2.24) is 4.72 Å². The minimum Gasteiger partial charge on any atom is -0.208 e. The molecule has 1 N–H and O–H groups in total. The van der Waals surface area contributed by atoms with E-state index in [0.717, 1.165) is 31.2 Å². The van der Waals surface area contributed by atoms with Crippen LogP contribution in [0.25, 0.3) is 10.4 Å². The maximum absolute atomic E-state index is 12.4. The Kier molecular flexibility index (Phi) is 7.95. The highest BCUT2D eigenvalue weighted by molar-refractivity contribution is 7.89. The standard InChI is InChI=1S/C15H24N4O2S/c1-3-4-5-6-7-14(12-17-19-16)18-22(20,21)15-10-8-13(2)9-11-15/h8-11,14,18H,3-7,12H2,1-2H3. The van der Waals surface area contributed by atoms with Gasteiger partial charge in [-0.25, -0.2) is 13.1 Å². The molecule has 22 heavy (non-hydrogen) atoms. The second-order valence-corrected chi connectivity index (χ2v) is 7.11. The average molecular weight is 324 g/mol. The van der Waals surface area contributed by atoms with E-state index in [1.807, 2.05) is 6.92 Å². The summed E-state index contributed by atoms with van der Waals surface area (Å²) in [6.45, 7) is 4.16. The Balaban J connectivity index is 2.73. The summed E-state index contributed by atoms with van der Waals surface area (Å²) >= 11 is 0. The number of hydrogen-bond acceptors (Lipinski definition) is 3. The molecule has 7 heteroatoms. The molecule has 0 heterocycles. The van der Waals surface area contributed by atoms with Crippen molar-refractivity contribution in [2.45, 2.75) is 56.9 Å². The lowest BCUT2D eigenvalue weighted by molar-refractivity contribution is 0.504. The predicted molar refractivity (Wildman–Crippen MR) is 88.1 cm³/mol. The first-order chi connectivity index (χ1) is 10.5. The number of rotatable bonds is 10. The van der Waals surface area contributed by atoms with E-state index in [1.165, 1.54) is 0 Å². The van der Waals surface area contributed by atoms with Crippen molar-refractivity contribution in [3.63, 3.8) is 0 Å². The fourth-order valence-electron chi connectivity index (χ4n) is 2.14. The van der Waals surface area contributed by atoms with Crippen LogP contribution in [0.2, 0.25) is 0 Å². The van der Waals surface area contributed by atoms with E-state index in [0.29, 0.717) is 6.42 Å². The van der Waals surface area contributed by atoms with Gasteiger partial charge in [-0.3, -0.25) is 0 Å². The van der Waals surface area contributed by atoms with Crippen LogP contribution in [0, 0.1) is 6.92 Å². The van der Waals surface area contributed by atoms with Gasteiger partial charge in [-0.2, -0.15) is 0 Å². The van der Waals surface area contributed by atoms with Crippen molar-refractivity contribution in [3.8, 4) is 0 Å². The molecular formula is C15H24N4O2S. The molecule has 0 aromatic heterocycles. The van der Waals surface area contributed by atoms with E-state index in [1.54, 1.807) is 24.3 Å². The lowest BCUT2D eigenvalue weighted by Gasteiger charge is -2.17. The molecule has 0 aliphatic rings. The zero-order chi connectivity index (χ0) is 16.4. The molecule has 1 aromatic rings. The molecule has 1 rings (SSSR count). The second kappa shape index (κ2) is 9.46. The highest BCUT2D eigenvalue weighted by Gasteiger charge is 2.19. The maximum atomic E-state index is 12.4. The number of hydrogen-bond donors (Lipinski definition) is 1. The second-order valence-electron chi connectivity index (χ2n) is 5.39. The molecule has 0 radical (unpaired) electrons. The third-order valence-corrected chi connectivity index (χ3v) is 4.96. The van der Waals surface area contributed by atoms with Gasteiger partial charge in [-0.15, -0.1) is 0 Å². The van der Waals surface area contributed by atoms with Crippen LogP contribution in [0.1, 0.15) is 44.6 Å². The fraction of sp³-hybridized carbons (Fsp3) is 0.600. The van der Waals surface area contributed by atoms with Crippen molar-refractivity contribution < 1.29 is 8.42 Å². The van der Waals surface area contributed by atoms with Crippen LogP contribution in [0.15, 0.2) is 34.3 Å². The summed E-state index contributed by atoms with van der Waals surface area (Å²) in [4.78, 5) is 2.96. The molecule has 0 spiro atoms. The normalized spacial score (nSPS) is 12.6. The molecule has 122 valence electrons.